The van der Waals surface area contributed by atoms with Gasteiger partial charge in [0.2, 0.25) is 5.66 Å². The normalized spacial score (nSPS) is 20.8. The molecule has 2 atom stereocenters. The first kappa shape index (κ1) is 19.4. The van der Waals surface area contributed by atoms with Crippen LogP contribution in [0.5, 0.6) is 0 Å². The fourth-order valence-corrected chi connectivity index (χ4v) is 3.73. The molecule has 0 bridgehead atoms. The van der Waals surface area contributed by atoms with E-state index in [9.17, 15) is 14.4 Å². The molecule has 2 N–H and O–H groups in total. The molecular formula is C18H17Cl2N3O4. The fourth-order valence-electron chi connectivity index (χ4n) is 3.12. The van der Waals surface area contributed by atoms with Crippen LogP contribution in [0.3, 0.4) is 0 Å². The lowest BCUT2D eigenvalue weighted by Gasteiger charge is -2.18. The van der Waals surface area contributed by atoms with Crippen molar-refractivity contribution in [1.82, 2.24) is 15.2 Å². The highest BCUT2D eigenvalue weighted by atomic mass is 35.5. The summed E-state index contributed by atoms with van der Waals surface area (Å²) in [6.45, 7) is 2.02. The van der Waals surface area contributed by atoms with Crippen LogP contribution in [0, 0.1) is 0 Å². The molecule has 142 valence electrons. The Morgan fingerprint density at radius 2 is 1.89 bits per heavy atom. The Labute approximate surface area is 165 Å². The van der Waals surface area contributed by atoms with Gasteiger partial charge in [0, 0.05) is 28.4 Å². The van der Waals surface area contributed by atoms with E-state index in [1.165, 1.54) is 23.9 Å². The highest BCUT2D eigenvalue weighted by Crippen LogP contribution is 2.50. The molecule has 0 aliphatic carbocycles. The van der Waals surface area contributed by atoms with E-state index in [-0.39, 0.29) is 5.69 Å². The summed E-state index contributed by atoms with van der Waals surface area (Å²) in [5.41, 5.74) is -0.870. The van der Waals surface area contributed by atoms with E-state index < -0.39 is 29.4 Å². The minimum absolute atomic E-state index is 0.0459. The number of carbonyl (C=O) groups is 3. The third-order valence-corrected chi connectivity index (χ3v) is 5.05. The Bertz CT molecular complexity index is 907. The number of rotatable bonds is 6. The zero-order valence-corrected chi connectivity index (χ0v) is 16.1. The van der Waals surface area contributed by atoms with Crippen LogP contribution >= 0.6 is 23.2 Å². The van der Waals surface area contributed by atoms with Crippen molar-refractivity contribution in [3.63, 3.8) is 0 Å². The number of Topliss-reactive ketones (excluding diaryl/α,β-unsaturated/α-hetero) is 1. The van der Waals surface area contributed by atoms with Crippen LogP contribution in [-0.4, -0.2) is 35.9 Å². The molecule has 1 fully saturated rings. The van der Waals surface area contributed by atoms with Gasteiger partial charge in [0.15, 0.2) is 0 Å². The maximum atomic E-state index is 12.7. The molecule has 1 aliphatic heterocycles. The van der Waals surface area contributed by atoms with Gasteiger partial charge in [0.05, 0.1) is 18.8 Å². The average molecular weight is 410 g/mol. The molecule has 0 spiro atoms. The molecule has 0 radical (unpaired) electrons. The Morgan fingerprint density at radius 3 is 2.48 bits per heavy atom. The van der Waals surface area contributed by atoms with E-state index in [0.717, 1.165) is 0 Å². The first-order valence-corrected chi connectivity index (χ1v) is 8.94. The third-order valence-electron chi connectivity index (χ3n) is 4.39. The second kappa shape index (κ2) is 7.34. The maximum Gasteiger partial charge on any atom is 0.349 e. The molecule has 9 heteroatoms. The molecule has 0 saturated carbocycles. The Kier molecular flexibility index (Phi) is 5.28. The summed E-state index contributed by atoms with van der Waals surface area (Å²) in [6, 6.07) is 7.41. The number of benzene rings is 1. The molecular weight excluding hydrogens is 393 g/mol. The van der Waals surface area contributed by atoms with Crippen LogP contribution in [0.1, 0.15) is 29.0 Å². The largest absolute Gasteiger partial charge is 0.466 e. The number of ketones is 1. The van der Waals surface area contributed by atoms with Crippen molar-refractivity contribution in [2.45, 2.75) is 18.6 Å². The van der Waals surface area contributed by atoms with Crippen LogP contribution < -0.4 is 10.6 Å². The lowest BCUT2D eigenvalue weighted by Crippen LogP contribution is -2.38. The molecule has 2 aromatic rings. The number of aromatic nitrogens is 1. The molecule has 1 aromatic heterocycles. The quantitative estimate of drug-likeness (QED) is 0.330. The monoisotopic (exact) mass is 409 g/mol. The summed E-state index contributed by atoms with van der Waals surface area (Å²) in [6.07, 6.45) is 1.53. The third kappa shape index (κ3) is 3.12. The molecule has 7 nitrogen and oxygen atoms in total. The van der Waals surface area contributed by atoms with Gasteiger partial charge >= 0.3 is 5.97 Å². The number of methoxy groups -OCH3 is 1. The molecule has 1 aromatic carbocycles. The van der Waals surface area contributed by atoms with Crippen molar-refractivity contribution < 1.29 is 19.1 Å². The lowest BCUT2D eigenvalue weighted by molar-refractivity contribution is -0.146. The topological polar surface area (TPSA) is 99.3 Å². The van der Waals surface area contributed by atoms with Crippen LogP contribution in [0.15, 0.2) is 36.5 Å². The van der Waals surface area contributed by atoms with Gasteiger partial charge in [-0.05, 0) is 31.2 Å². The van der Waals surface area contributed by atoms with Gasteiger partial charge in [-0.2, -0.15) is 0 Å². The number of ether oxygens (including phenoxy) is 1. The average Bonchev–Trinajstić information content (AvgIpc) is 3.17. The zero-order valence-electron chi connectivity index (χ0n) is 14.6. The van der Waals surface area contributed by atoms with E-state index in [2.05, 4.69) is 10.6 Å². The van der Waals surface area contributed by atoms with Crippen molar-refractivity contribution in [2.75, 3.05) is 13.7 Å². The highest BCUT2D eigenvalue weighted by molar-refractivity contribution is 6.42. The van der Waals surface area contributed by atoms with Crippen molar-refractivity contribution in [3.8, 4) is 0 Å². The van der Waals surface area contributed by atoms with Crippen LogP contribution in [0.4, 0.5) is 0 Å². The number of hydrogen-bond acceptors (Lipinski definition) is 5. The maximum absolute atomic E-state index is 12.7. The minimum Gasteiger partial charge on any atom is -0.466 e. The first-order chi connectivity index (χ1) is 12.9. The predicted octanol–water partition coefficient (Wildman–Crippen LogP) is 2.28. The molecule has 3 rings (SSSR count). The highest BCUT2D eigenvalue weighted by Gasteiger charge is 2.65. The molecule has 0 unspecified atom stereocenters. The number of nitrogens with one attached hydrogen (secondary N) is 2. The summed E-state index contributed by atoms with van der Waals surface area (Å²) in [4.78, 5) is 37.2. The zero-order chi connectivity index (χ0) is 19.8. The molecule has 1 amide bonds. The second-order valence-corrected chi connectivity index (χ2v) is 6.74. The molecule has 2 heterocycles. The van der Waals surface area contributed by atoms with Gasteiger partial charge in [0.25, 0.3) is 11.7 Å². The van der Waals surface area contributed by atoms with E-state index >= 15 is 0 Å². The van der Waals surface area contributed by atoms with Crippen LogP contribution in [0.25, 0.3) is 0 Å². The van der Waals surface area contributed by atoms with E-state index in [1.54, 1.807) is 31.2 Å². The number of halogens is 2. The summed E-state index contributed by atoms with van der Waals surface area (Å²) >= 11 is 12.6. The number of carbonyl (C=O) groups excluding carboxylic acids is 3. The number of esters is 1. The van der Waals surface area contributed by atoms with Gasteiger partial charge in [-0.15, -0.1) is 0 Å². The van der Waals surface area contributed by atoms with Gasteiger partial charge < -0.3 is 14.6 Å². The Morgan fingerprint density at radius 1 is 1.22 bits per heavy atom. The first-order valence-electron chi connectivity index (χ1n) is 8.18. The lowest BCUT2D eigenvalue weighted by atomic mass is 10.0. The van der Waals surface area contributed by atoms with Gasteiger partial charge in [-0.25, -0.2) is 4.79 Å². The number of amides is 1. The second-order valence-electron chi connectivity index (χ2n) is 5.92. The van der Waals surface area contributed by atoms with Crippen LogP contribution in [0.2, 0.25) is 10.0 Å². The SMILES string of the molecule is CCNC(=O)C(=O)c1cccn1[C@]1(C(=O)OC)N[C@H]1c1c(Cl)cccc1Cl. The smallest absolute Gasteiger partial charge is 0.349 e. The molecule has 27 heavy (non-hydrogen) atoms. The fraction of sp³-hybridized carbons (Fsp3) is 0.278. The number of nitrogens with zero attached hydrogens (tertiary/aromatic N) is 1. The predicted molar refractivity (Wildman–Crippen MR) is 99.8 cm³/mol. The Hall–Kier alpha value is -2.35. The van der Waals surface area contributed by atoms with Crippen molar-refractivity contribution in [2.24, 2.45) is 0 Å². The molecule has 1 saturated heterocycles. The van der Waals surface area contributed by atoms with Gasteiger partial charge in [-0.1, -0.05) is 29.3 Å². The van der Waals surface area contributed by atoms with Gasteiger partial charge in [-0.3, -0.25) is 14.9 Å². The summed E-state index contributed by atoms with van der Waals surface area (Å²) < 4.78 is 6.34. The molecule has 1 aliphatic rings. The van der Waals surface area contributed by atoms with Crippen molar-refractivity contribution in [3.05, 3.63) is 57.8 Å². The van der Waals surface area contributed by atoms with E-state index in [0.29, 0.717) is 22.2 Å². The van der Waals surface area contributed by atoms with Crippen LogP contribution in [-0.2, 0) is 20.0 Å². The number of likely N-dealkylation sites (N-methyl/N-ethyl adjacent to an activating group) is 1. The standard InChI is InChI=1S/C18H17Cl2N3O4/c1-3-21-16(25)14(24)12-8-5-9-23(12)18(17(26)27-2)15(22-18)13-10(19)6-4-7-11(13)20/h4-9,15,22H,3H2,1-2H3,(H,21,25)/t15-,18+/m0/s1. The Balaban J connectivity index is 2.08. The summed E-state index contributed by atoms with van der Waals surface area (Å²) in [7, 11) is 1.24. The summed E-state index contributed by atoms with van der Waals surface area (Å²) in [5, 5.41) is 6.23. The van der Waals surface area contributed by atoms with E-state index in [4.69, 9.17) is 27.9 Å². The van der Waals surface area contributed by atoms with Gasteiger partial charge in [0.1, 0.15) is 0 Å². The van der Waals surface area contributed by atoms with E-state index in [1.807, 2.05) is 0 Å². The summed E-state index contributed by atoms with van der Waals surface area (Å²) in [5.74, 6) is -2.15. The minimum atomic E-state index is -1.43. The van der Waals surface area contributed by atoms with Crippen molar-refractivity contribution in [1.29, 1.82) is 0 Å². The van der Waals surface area contributed by atoms with Crippen molar-refractivity contribution >= 4 is 40.9 Å². The number of hydrogen-bond donors (Lipinski definition) is 2.